The lowest BCUT2D eigenvalue weighted by Gasteiger charge is -2.28. The molecule has 0 aliphatic carbocycles. The second-order valence-corrected chi connectivity index (χ2v) is 8.86. The highest BCUT2D eigenvalue weighted by Crippen LogP contribution is 2.21. The van der Waals surface area contributed by atoms with Crippen molar-refractivity contribution in [3.63, 3.8) is 0 Å². The highest BCUT2D eigenvalue weighted by atomic mass is 16.5. The molecule has 0 amide bonds. The lowest BCUT2D eigenvalue weighted by Crippen LogP contribution is -2.30. The zero-order chi connectivity index (χ0) is 25.6. The zero-order valence-electron chi connectivity index (χ0n) is 22.3. The molecular formula is C30H52N4O3. The van der Waals surface area contributed by atoms with Gasteiger partial charge in [0.2, 0.25) is 0 Å². The summed E-state index contributed by atoms with van der Waals surface area (Å²) < 4.78 is 5.01. The Morgan fingerprint density at radius 2 is 1.27 bits per heavy atom. The minimum Gasteiger partial charge on any atom is -0.461 e. The lowest BCUT2D eigenvalue weighted by molar-refractivity contribution is 0.0519. The topological polar surface area (TPSA) is 78.8 Å². The van der Waals surface area contributed by atoms with E-state index in [9.17, 15) is 4.79 Å². The number of carbonyl (C=O) groups excluding carboxylic acids is 1. The number of hydrogen-bond donors (Lipinski definition) is 1. The lowest BCUT2D eigenvalue weighted by atomic mass is 10.1. The average molecular weight is 517 g/mol. The number of esters is 1. The van der Waals surface area contributed by atoms with Crippen LogP contribution in [0, 0.1) is 13.8 Å². The number of rotatable bonds is 5. The van der Waals surface area contributed by atoms with Crippen LogP contribution in [0.3, 0.4) is 0 Å². The molecule has 2 aliphatic rings. The van der Waals surface area contributed by atoms with Gasteiger partial charge in [-0.1, -0.05) is 28.7 Å². The Morgan fingerprint density at radius 1 is 0.811 bits per heavy atom. The van der Waals surface area contributed by atoms with Gasteiger partial charge in [-0.25, -0.2) is 14.8 Å². The molecule has 0 bridgehead atoms. The van der Waals surface area contributed by atoms with Crippen LogP contribution in [0.2, 0.25) is 0 Å². The first-order chi connectivity index (χ1) is 17.0. The number of carbonyl (C=O) groups is 1. The molecule has 2 aliphatic heterocycles. The van der Waals surface area contributed by atoms with Crippen LogP contribution >= 0.6 is 0 Å². The molecule has 1 N–H and O–H groups in total. The minimum atomic E-state index is -0.334. The second kappa shape index (κ2) is 18.6. The van der Waals surface area contributed by atoms with Crippen molar-refractivity contribution < 1.29 is 14.6 Å². The third kappa shape index (κ3) is 11.1. The second-order valence-electron chi connectivity index (χ2n) is 8.86. The van der Waals surface area contributed by atoms with Crippen LogP contribution in [0.15, 0.2) is 24.3 Å². The Bertz CT molecular complexity index is 908. The molecule has 0 spiro atoms. The molecule has 2 saturated heterocycles. The van der Waals surface area contributed by atoms with Gasteiger partial charge < -0.3 is 19.6 Å². The van der Waals surface area contributed by atoms with Crippen LogP contribution in [0.25, 0.3) is 0 Å². The number of piperidine rings is 2. The smallest absolute Gasteiger partial charge is 0.357 e. The number of aliphatic hydroxyl groups is 1. The van der Waals surface area contributed by atoms with Gasteiger partial charge in [-0.2, -0.15) is 0 Å². The third-order valence-corrected chi connectivity index (χ3v) is 5.97. The van der Waals surface area contributed by atoms with Crippen molar-refractivity contribution in [2.75, 3.05) is 42.6 Å². The molecule has 7 nitrogen and oxygen atoms in total. The molecule has 0 unspecified atom stereocenters. The van der Waals surface area contributed by atoms with E-state index >= 15 is 0 Å². The van der Waals surface area contributed by atoms with Crippen LogP contribution in [0.4, 0.5) is 11.6 Å². The molecule has 210 valence electrons. The van der Waals surface area contributed by atoms with E-state index in [1.165, 1.54) is 44.1 Å². The minimum absolute atomic E-state index is 0. The Labute approximate surface area is 226 Å². The van der Waals surface area contributed by atoms with Gasteiger partial charge >= 0.3 is 5.97 Å². The highest BCUT2D eigenvalue weighted by Gasteiger charge is 2.16. The Balaban J connectivity index is 0.000000632. The summed E-state index contributed by atoms with van der Waals surface area (Å²) in [5, 5.41) is 9.10. The number of aromatic nitrogens is 2. The average Bonchev–Trinajstić information content (AvgIpc) is 2.90. The summed E-state index contributed by atoms with van der Waals surface area (Å²) in [6.07, 6.45) is 7.52. The number of hydrogen-bond acceptors (Lipinski definition) is 7. The van der Waals surface area contributed by atoms with Gasteiger partial charge in [0.25, 0.3) is 0 Å². The van der Waals surface area contributed by atoms with Gasteiger partial charge in [-0.15, -0.1) is 0 Å². The van der Waals surface area contributed by atoms with Gasteiger partial charge in [0.05, 0.1) is 18.9 Å². The van der Waals surface area contributed by atoms with E-state index in [0.29, 0.717) is 12.3 Å². The van der Waals surface area contributed by atoms with E-state index in [-0.39, 0.29) is 27.4 Å². The van der Waals surface area contributed by atoms with Crippen molar-refractivity contribution in [3.05, 3.63) is 46.8 Å². The van der Waals surface area contributed by atoms with E-state index in [1.54, 1.807) is 13.0 Å². The quantitative estimate of drug-likeness (QED) is 0.441. The number of ether oxygens (including phenoxy) is 1. The molecule has 7 heteroatoms. The van der Waals surface area contributed by atoms with E-state index in [1.807, 2.05) is 39.8 Å². The molecule has 0 atom stereocenters. The van der Waals surface area contributed by atoms with Crippen molar-refractivity contribution in [2.24, 2.45) is 0 Å². The fraction of sp³-hybridized carbons (Fsp3) is 0.633. The van der Waals surface area contributed by atoms with Gasteiger partial charge in [0.15, 0.2) is 5.69 Å². The summed E-state index contributed by atoms with van der Waals surface area (Å²) in [5.74, 6) is 1.59. The maximum Gasteiger partial charge on any atom is 0.357 e. The molecule has 37 heavy (non-hydrogen) atoms. The first-order valence-corrected chi connectivity index (χ1v) is 13.2. The van der Waals surface area contributed by atoms with Crippen LogP contribution in [-0.2, 0) is 11.3 Å². The predicted molar refractivity (Wildman–Crippen MR) is 157 cm³/mol. The first-order valence-electron chi connectivity index (χ1n) is 13.2. The summed E-state index contributed by atoms with van der Waals surface area (Å²) in [5.41, 5.74) is 3.41. The number of aryl methyl sites for hydroxylation is 2. The van der Waals surface area contributed by atoms with Crippen LogP contribution < -0.4 is 9.80 Å². The van der Waals surface area contributed by atoms with Crippen molar-refractivity contribution in [3.8, 4) is 0 Å². The Kier molecular flexibility index (Phi) is 17.2. The third-order valence-electron chi connectivity index (χ3n) is 5.97. The number of aliphatic hydroxyl groups excluding tert-OH is 1. The summed E-state index contributed by atoms with van der Waals surface area (Å²) in [6.45, 7) is 14.5. The maximum atomic E-state index is 11.7. The molecule has 2 fully saturated rings. The number of pyridine rings is 2. The van der Waals surface area contributed by atoms with Gasteiger partial charge in [0.1, 0.15) is 11.6 Å². The van der Waals surface area contributed by atoms with Crippen molar-refractivity contribution >= 4 is 17.6 Å². The van der Waals surface area contributed by atoms with E-state index in [4.69, 9.17) is 9.84 Å². The van der Waals surface area contributed by atoms with E-state index < -0.39 is 0 Å². The van der Waals surface area contributed by atoms with Crippen molar-refractivity contribution in [1.82, 2.24) is 9.97 Å². The van der Waals surface area contributed by atoms with Gasteiger partial charge in [0, 0.05) is 26.2 Å². The molecule has 0 saturated carbocycles. The number of anilines is 2. The molecule has 0 aromatic carbocycles. The van der Waals surface area contributed by atoms with Gasteiger partial charge in [-0.3, -0.25) is 0 Å². The standard InChI is InChI=1S/C14H20N2O2.C12H18N2O.C2H6.2CH4/c1-3-18-14(17)12-9-11(2)10-13(15-12)16-7-5-4-6-8-16;1-10-7-11(9-15)13-12(8-10)14-5-3-2-4-6-14;1-2;;/h9-10H,3-8H2,1-2H3;7-8,15H,2-6,9H2,1H3;1-2H3;2*1H4. The highest BCUT2D eigenvalue weighted by molar-refractivity contribution is 5.88. The summed E-state index contributed by atoms with van der Waals surface area (Å²) in [7, 11) is 0. The van der Waals surface area contributed by atoms with Gasteiger partial charge in [-0.05, 0) is 94.7 Å². The fourth-order valence-corrected chi connectivity index (χ4v) is 4.33. The fourth-order valence-electron chi connectivity index (χ4n) is 4.33. The SMILES string of the molecule is C.C.CC.CCOC(=O)c1cc(C)cc(N2CCCCC2)n1.Cc1cc(CO)nc(N2CCCCC2)c1. The summed E-state index contributed by atoms with van der Waals surface area (Å²) in [4.78, 5) is 25.2. The molecule has 4 rings (SSSR count). The largest absolute Gasteiger partial charge is 0.461 e. The van der Waals surface area contributed by atoms with E-state index in [0.717, 1.165) is 49.1 Å². The first kappa shape index (κ1) is 34.3. The molecule has 2 aromatic heterocycles. The molecular weight excluding hydrogens is 464 g/mol. The molecule has 0 radical (unpaired) electrons. The predicted octanol–water partition coefficient (Wildman–Crippen LogP) is 6.73. The Hall–Kier alpha value is -2.67. The van der Waals surface area contributed by atoms with Crippen LogP contribution in [0.1, 0.15) is 101 Å². The molecule has 2 aromatic rings. The van der Waals surface area contributed by atoms with Crippen LogP contribution in [-0.4, -0.2) is 53.8 Å². The maximum absolute atomic E-state index is 11.7. The summed E-state index contributed by atoms with van der Waals surface area (Å²) >= 11 is 0. The van der Waals surface area contributed by atoms with Crippen molar-refractivity contribution in [2.45, 2.75) is 94.6 Å². The monoisotopic (exact) mass is 516 g/mol. The molecule has 4 heterocycles. The van der Waals surface area contributed by atoms with Crippen LogP contribution in [0.5, 0.6) is 0 Å². The normalized spacial score (nSPS) is 14.5. The number of nitrogens with zero attached hydrogens (tertiary/aromatic N) is 4. The zero-order valence-corrected chi connectivity index (χ0v) is 22.3. The van der Waals surface area contributed by atoms with E-state index in [2.05, 4.69) is 25.8 Å². The summed E-state index contributed by atoms with van der Waals surface area (Å²) in [6, 6.07) is 7.86. The Morgan fingerprint density at radius 3 is 1.73 bits per heavy atom. The van der Waals surface area contributed by atoms with Crippen molar-refractivity contribution in [1.29, 1.82) is 0 Å².